The summed E-state index contributed by atoms with van der Waals surface area (Å²) in [7, 11) is 0. The molecule has 1 atom stereocenters. The number of halogens is 5. The molecular formula is C35H33F5N8O. The molecule has 0 radical (unpaired) electrons. The van der Waals surface area contributed by atoms with Crippen LogP contribution in [-0.4, -0.2) is 39.2 Å². The van der Waals surface area contributed by atoms with Crippen LogP contribution in [0.2, 0.25) is 0 Å². The van der Waals surface area contributed by atoms with Crippen LogP contribution in [0.5, 0.6) is 0 Å². The molecule has 1 aliphatic heterocycles. The molecule has 1 saturated carbocycles. The van der Waals surface area contributed by atoms with Gasteiger partial charge in [0.2, 0.25) is 0 Å². The van der Waals surface area contributed by atoms with E-state index >= 15 is 0 Å². The Balaban J connectivity index is 1.51. The Kier molecular flexibility index (Phi) is 8.41. The van der Waals surface area contributed by atoms with Crippen molar-refractivity contribution in [2.24, 2.45) is 5.41 Å². The first-order valence-electron chi connectivity index (χ1n) is 15.5. The van der Waals surface area contributed by atoms with E-state index in [0.717, 1.165) is 9.58 Å². The molecule has 1 aliphatic carbocycles. The zero-order valence-corrected chi connectivity index (χ0v) is 26.8. The molecule has 0 bridgehead atoms. The van der Waals surface area contributed by atoms with Crippen molar-refractivity contribution in [2.75, 3.05) is 17.2 Å². The minimum Gasteiger partial charge on any atom is -0.383 e. The average molecular weight is 677 g/mol. The maximum absolute atomic E-state index is 14.1. The second-order valence-electron chi connectivity index (χ2n) is 13.4. The van der Waals surface area contributed by atoms with Gasteiger partial charge in [-0.25, -0.2) is 8.78 Å². The van der Waals surface area contributed by atoms with Crippen molar-refractivity contribution in [3.8, 4) is 18.4 Å². The van der Waals surface area contributed by atoms with Crippen molar-refractivity contribution in [3.63, 3.8) is 0 Å². The van der Waals surface area contributed by atoms with Crippen LogP contribution in [-0.2, 0) is 6.54 Å². The molecule has 0 unspecified atom stereocenters. The van der Waals surface area contributed by atoms with E-state index in [1.165, 1.54) is 30.7 Å². The van der Waals surface area contributed by atoms with Gasteiger partial charge in [-0.1, -0.05) is 38.8 Å². The van der Waals surface area contributed by atoms with Crippen LogP contribution < -0.4 is 27.2 Å². The third-order valence-electron chi connectivity index (χ3n) is 8.66. The fourth-order valence-electron chi connectivity index (χ4n) is 5.99. The van der Waals surface area contributed by atoms with Crippen LogP contribution in [0.25, 0.3) is 21.7 Å². The summed E-state index contributed by atoms with van der Waals surface area (Å²) >= 11 is 0. The van der Waals surface area contributed by atoms with Gasteiger partial charge in [0.05, 0.1) is 40.6 Å². The molecule has 14 heteroatoms. The van der Waals surface area contributed by atoms with Crippen LogP contribution in [0, 0.1) is 29.1 Å². The van der Waals surface area contributed by atoms with Crippen LogP contribution in [0.4, 0.5) is 33.3 Å². The maximum Gasteiger partial charge on any atom is 0.413 e. The van der Waals surface area contributed by atoms with Gasteiger partial charge in [-0.3, -0.25) is 14.8 Å². The second kappa shape index (κ2) is 12.3. The number of anilines is 2. The summed E-state index contributed by atoms with van der Waals surface area (Å²) in [5, 5.41) is 19.0. The smallest absolute Gasteiger partial charge is 0.383 e. The average Bonchev–Trinajstić information content (AvgIpc) is 3.73. The molecule has 3 heterocycles. The first-order valence-corrected chi connectivity index (χ1v) is 15.5. The number of aromatic nitrogens is 2. The molecular weight excluding hydrogens is 643 g/mol. The van der Waals surface area contributed by atoms with E-state index in [1.54, 1.807) is 24.3 Å². The normalized spacial score (nSPS) is 16.2. The number of nitriles is 1. The van der Waals surface area contributed by atoms with Crippen molar-refractivity contribution in [3.05, 3.63) is 87.7 Å². The molecule has 2 aromatic heterocycles. The Hall–Kier alpha value is -5.34. The Morgan fingerprint density at radius 1 is 1.10 bits per heavy atom. The van der Waals surface area contributed by atoms with Gasteiger partial charge < -0.3 is 20.6 Å². The quantitative estimate of drug-likeness (QED) is 0.117. The van der Waals surface area contributed by atoms with Gasteiger partial charge in [-0.2, -0.15) is 18.4 Å². The number of alkyl halides is 5. The molecule has 2 aliphatic rings. The summed E-state index contributed by atoms with van der Waals surface area (Å²) in [6, 6.07) is 10.9. The molecule has 0 spiro atoms. The summed E-state index contributed by atoms with van der Waals surface area (Å²) in [5.74, 6) is 2.64. The second-order valence-corrected chi connectivity index (χ2v) is 13.4. The Morgan fingerprint density at radius 2 is 1.86 bits per heavy atom. The van der Waals surface area contributed by atoms with Gasteiger partial charge in [0.1, 0.15) is 6.07 Å². The van der Waals surface area contributed by atoms with E-state index < -0.39 is 36.3 Å². The maximum atomic E-state index is 14.1. The lowest BCUT2D eigenvalue weighted by Gasteiger charge is -2.28. The monoisotopic (exact) mass is 676 g/mol. The lowest BCUT2D eigenvalue weighted by molar-refractivity contribution is -0.195. The summed E-state index contributed by atoms with van der Waals surface area (Å²) in [5.41, 5.74) is 5.50. The van der Waals surface area contributed by atoms with Crippen molar-refractivity contribution in [2.45, 2.75) is 64.3 Å². The molecule has 0 saturated heterocycles. The largest absolute Gasteiger partial charge is 0.413 e. The number of benzene rings is 2. The van der Waals surface area contributed by atoms with E-state index in [-0.39, 0.29) is 34.9 Å². The van der Waals surface area contributed by atoms with Crippen LogP contribution in [0.1, 0.15) is 56.3 Å². The SMILES string of the molecule is C#Cc1cnc2c(C#N)cc(N[C@H](C3=CN(C4(C(F)(F)F)CC4)NN3)c3cccc4c(=O)n(CC(F)F)ccc34)cc2c1NCC(C)(C)C. The van der Waals surface area contributed by atoms with Crippen molar-refractivity contribution < 1.29 is 22.0 Å². The van der Waals surface area contributed by atoms with Gasteiger partial charge >= 0.3 is 6.18 Å². The van der Waals surface area contributed by atoms with E-state index in [4.69, 9.17) is 6.42 Å². The molecule has 4 aromatic rings. The minimum absolute atomic E-state index is 0.101. The number of hydrogen-bond acceptors (Lipinski definition) is 8. The highest BCUT2D eigenvalue weighted by Gasteiger charge is 2.67. The van der Waals surface area contributed by atoms with Gasteiger partial charge in [-0.15, -0.1) is 12.0 Å². The fourth-order valence-corrected chi connectivity index (χ4v) is 5.99. The van der Waals surface area contributed by atoms with Crippen molar-refractivity contribution in [1.29, 1.82) is 5.26 Å². The minimum atomic E-state index is -4.51. The van der Waals surface area contributed by atoms with Crippen molar-refractivity contribution >= 4 is 33.1 Å². The lowest BCUT2D eigenvalue weighted by Crippen LogP contribution is -2.52. The summed E-state index contributed by atoms with van der Waals surface area (Å²) in [6.07, 6.45) is 2.48. The number of terminal acetylenes is 1. The number of nitrogens with one attached hydrogen (secondary N) is 4. The van der Waals surface area contributed by atoms with E-state index in [9.17, 15) is 32.0 Å². The third-order valence-corrected chi connectivity index (χ3v) is 8.66. The van der Waals surface area contributed by atoms with Crippen LogP contribution in [0.3, 0.4) is 0 Å². The molecule has 4 N–H and O–H groups in total. The zero-order chi connectivity index (χ0) is 35.3. The molecule has 6 rings (SSSR count). The zero-order valence-electron chi connectivity index (χ0n) is 26.8. The van der Waals surface area contributed by atoms with E-state index in [2.05, 4.69) is 38.6 Å². The van der Waals surface area contributed by atoms with Gasteiger partial charge in [0, 0.05) is 41.6 Å². The summed E-state index contributed by atoms with van der Waals surface area (Å²) in [4.78, 5) is 17.7. The Bertz CT molecular complexity index is 2120. The molecule has 2 aromatic carbocycles. The van der Waals surface area contributed by atoms with Gasteiger partial charge in [0.15, 0.2) is 5.54 Å². The van der Waals surface area contributed by atoms with Crippen LogP contribution in [0.15, 0.2) is 65.5 Å². The van der Waals surface area contributed by atoms with Gasteiger partial charge in [0.25, 0.3) is 12.0 Å². The number of fused-ring (bicyclic) bond motifs is 2. The molecule has 0 amide bonds. The highest BCUT2D eigenvalue weighted by Crippen LogP contribution is 2.54. The number of pyridine rings is 2. The standard InChI is InChI=1S/C35H33F5N8O/c1-5-20-16-42-30-21(15-41)13-22(14-26(30)29(20)43-19-33(2,3)4)44-31(27-17-48(46-45-27)34(10-11-34)35(38,39)40)24-7-6-8-25-23(24)9-12-47(32(25)49)18-28(36)37/h1,6-9,12-14,16-17,28,31,44-46H,10-11,18-19H2,2-4H3,(H,42,43)/t31-/m0/s1. The number of hydrogen-bond donors (Lipinski definition) is 4. The first kappa shape index (κ1) is 33.6. The van der Waals surface area contributed by atoms with Gasteiger partial charge in [-0.05, 0) is 53.5 Å². The topological polar surface area (TPSA) is 110 Å². The number of nitrogens with zero attached hydrogens (tertiary/aromatic N) is 4. The lowest BCUT2D eigenvalue weighted by atomic mass is 9.95. The molecule has 49 heavy (non-hydrogen) atoms. The first-order chi connectivity index (χ1) is 23.2. The number of rotatable bonds is 9. The fraction of sp³-hybridized carbons (Fsp3) is 0.343. The third kappa shape index (κ3) is 6.32. The Labute approximate surface area is 278 Å². The molecule has 1 fully saturated rings. The highest BCUT2D eigenvalue weighted by atomic mass is 19.4. The van der Waals surface area contributed by atoms with E-state index in [0.29, 0.717) is 45.3 Å². The van der Waals surface area contributed by atoms with Crippen LogP contribution >= 0.6 is 0 Å². The molecule has 9 nitrogen and oxygen atoms in total. The van der Waals surface area contributed by atoms with Crippen molar-refractivity contribution in [1.82, 2.24) is 25.5 Å². The predicted molar refractivity (Wildman–Crippen MR) is 177 cm³/mol. The van der Waals surface area contributed by atoms with E-state index in [1.807, 2.05) is 20.8 Å². The molecule has 254 valence electrons. The summed E-state index contributed by atoms with van der Waals surface area (Å²) in [6.45, 7) is 5.90. The predicted octanol–water partition coefficient (Wildman–Crippen LogP) is 6.54. The Morgan fingerprint density at radius 3 is 2.49 bits per heavy atom. The summed E-state index contributed by atoms with van der Waals surface area (Å²) < 4.78 is 69.6. The highest BCUT2D eigenvalue weighted by molar-refractivity contribution is 5.99. The number of hydrazine groups is 2.